The molecular formula is C38H22N4. The first-order chi connectivity index (χ1) is 20.8. The lowest BCUT2D eigenvalue weighted by atomic mass is 10.0. The van der Waals surface area contributed by atoms with Crippen LogP contribution in [0.2, 0.25) is 0 Å². The lowest BCUT2D eigenvalue weighted by molar-refractivity contribution is 0.961. The Morgan fingerprint density at radius 3 is 1.76 bits per heavy atom. The molecule has 0 aliphatic rings. The highest BCUT2D eigenvalue weighted by atomic mass is 15.1. The molecule has 5 aromatic heterocycles. The number of aryl methyl sites for hydroxylation is 1. The lowest BCUT2D eigenvalue weighted by Crippen LogP contribution is -1.94. The summed E-state index contributed by atoms with van der Waals surface area (Å²) in [5.74, 6) is 0.987. The summed E-state index contributed by atoms with van der Waals surface area (Å²) in [6, 6.07) is 42.1. The molecule has 0 N–H and O–H groups in total. The number of aromatic nitrogens is 4. The minimum atomic E-state index is 0.987. The van der Waals surface area contributed by atoms with E-state index in [-0.39, 0.29) is 0 Å². The molecule has 0 saturated heterocycles. The van der Waals surface area contributed by atoms with Gasteiger partial charge in [0.15, 0.2) is 0 Å². The van der Waals surface area contributed by atoms with Crippen molar-refractivity contribution < 1.29 is 0 Å². The highest BCUT2D eigenvalue weighted by molar-refractivity contribution is 6.30. The zero-order chi connectivity index (χ0) is 27.3. The predicted molar refractivity (Wildman–Crippen MR) is 175 cm³/mol. The van der Waals surface area contributed by atoms with Crippen molar-refractivity contribution in [1.82, 2.24) is 18.4 Å². The number of rotatable bonds is 1. The number of hydrogen-bond donors (Lipinski definition) is 0. The van der Waals surface area contributed by atoms with Gasteiger partial charge in [0.05, 0.1) is 44.1 Å². The van der Waals surface area contributed by atoms with Crippen molar-refractivity contribution in [1.29, 1.82) is 0 Å². The smallest absolute Gasteiger partial charge is 0.140 e. The molecular weight excluding hydrogens is 512 g/mol. The molecule has 11 aromatic rings. The van der Waals surface area contributed by atoms with Crippen LogP contribution in [0.3, 0.4) is 0 Å². The van der Waals surface area contributed by atoms with E-state index in [1.807, 2.05) is 0 Å². The molecule has 194 valence electrons. The van der Waals surface area contributed by atoms with Crippen LogP contribution in [0.5, 0.6) is 0 Å². The fraction of sp³-hybridized carbons (Fsp3) is 0.0263. The average Bonchev–Trinajstić information content (AvgIpc) is 3.82. The molecule has 5 heterocycles. The molecule has 42 heavy (non-hydrogen) atoms. The van der Waals surface area contributed by atoms with Crippen LogP contribution in [0.4, 0.5) is 0 Å². The van der Waals surface area contributed by atoms with Crippen LogP contribution in [0.1, 0.15) is 0 Å². The first-order valence-electron chi connectivity index (χ1n) is 14.5. The Hall–Kier alpha value is -5.61. The maximum Gasteiger partial charge on any atom is 0.140 e. The van der Waals surface area contributed by atoms with E-state index in [1.165, 1.54) is 81.7 Å². The average molecular weight is 535 g/mol. The third-order valence-corrected chi connectivity index (χ3v) is 9.69. The summed E-state index contributed by atoms with van der Waals surface area (Å²) in [6.45, 7) is 0. The van der Waals surface area contributed by atoms with Crippen LogP contribution in [0.25, 0.3) is 98.6 Å². The maximum atomic E-state index is 5.13. The quantitative estimate of drug-likeness (QED) is 0.206. The molecule has 0 radical (unpaired) electrons. The normalized spacial score (nSPS) is 12.9. The Bertz CT molecular complexity index is 2900. The zero-order valence-corrected chi connectivity index (χ0v) is 22.8. The van der Waals surface area contributed by atoms with Gasteiger partial charge in [-0.1, -0.05) is 84.9 Å². The summed E-state index contributed by atoms with van der Waals surface area (Å²) in [7, 11) is 2.15. The Morgan fingerprint density at radius 1 is 0.429 bits per heavy atom. The van der Waals surface area contributed by atoms with E-state index in [0.717, 1.165) is 16.9 Å². The van der Waals surface area contributed by atoms with Crippen LogP contribution < -0.4 is 0 Å². The van der Waals surface area contributed by atoms with Gasteiger partial charge in [-0.05, 0) is 30.3 Å². The lowest BCUT2D eigenvalue weighted by Gasteiger charge is -2.05. The largest absolute Gasteiger partial charge is 0.325 e. The summed E-state index contributed by atoms with van der Waals surface area (Å²) in [5.41, 5.74) is 10.9. The van der Waals surface area contributed by atoms with Gasteiger partial charge in [0.2, 0.25) is 0 Å². The molecule has 0 saturated carbocycles. The Labute approximate surface area is 238 Å². The number of nitrogens with zero attached hydrogens (tertiary/aromatic N) is 4. The van der Waals surface area contributed by atoms with E-state index in [0.29, 0.717) is 0 Å². The first kappa shape index (κ1) is 21.2. The maximum absolute atomic E-state index is 5.13. The molecule has 11 rings (SSSR count). The second-order valence-electron chi connectivity index (χ2n) is 11.7. The summed E-state index contributed by atoms with van der Waals surface area (Å²) >= 11 is 0. The van der Waals surface area contributed by atoms with Gasteiger partial charge >= 0.3 is 0 Å². The van der Waals surface area contributed by atoms with E-state index in [9.17, 15) is 0 Å². The highest BCUT2D eigenvalue weighted by Crippen LogP contribution is 2.45. The number of imidazole rings is 1. The fourth-order valence-electron chi connectivity index (χ4n) is 8.01. The first-order valence-corrected chi connectivity index (χ1v) is 14.5. The van der Waals surface area contributed by atoms with Crippen molar-refractivity contribution in [3.8, 4) is 11.4 Å². The summed E-state index contributed by atoms with van der Waals surface area (Å²) in [5, 5.41) is 10.4. The summed E-state index contributed by atoms with van der Waals surface area (Å²) in [6.07, 6.45) is 0. The standard InChI is InChI=1S/C38H22N4/c1-40-37-30(39-38(40)21-9-3-2-4-10-21)18-17-27-24-13-8-15-26-29-19-32-28(20-33(29)42(35(24)26)36(27)37)25-14-7-12-23-22-11-5-6-16-31(22)41(32)34(23)25/h2-20H,1H3. The van der Waals surface area contributed by atoms with Crippen molar-refractivity contribution in [3.63, 3.8) is 0 Å². The van der Waals surface area contributed by atoms with Crippen LogP contribution in [0, 0.1) is 0 Å². The molecule has 0 bridgehead atoms. The van der Waals surface area contributed by atoms with Gasteiger partial charge in [-0.3, -0.25) is 0 Å². The van der Waals surface area contributed by atoms with E-state index >= 15 is 0 Å². The third-order valence-electron chi connectivity index (χ3n) is 9.69. The van der Waals surface area contributed by atoms with Gasteiger partial charge < -0.3 is 13.4 Å². The second kappa shape index (κ2) is 6.99. The molecule has 0 amide bonds. The highest BCUT2D eigenvalue weighted by Gasteiger charge is 2.24. The van der Waals surface area contributed by atoms with Gasteiger partial charge in [0.1, 0.15) is 5.82 Å². The van der Waals surface area contributed by atoms with E-state index < -0.39 is 0 Å². The number of hydrogen-bond acceptors (Lipinski definition) is 1. The minimum Gasteiger partial charge on any atom is -0.325 e. The van der Waals surface area contributed by atoms with Crippen LogP contribution in [-0.2, 0) is 7.05 Å². The summed E-state index contributed by atoms with van der Waals surface area (Å²) < 4.78 is 7.27. The Morgan fingerprint density at radius 2 is 1.00 bits per heavy atom. The van der Waals surface area contributed by atoms with Crippen LogP contribution in [0.15, 0.2) is 115 Å². The zero-order valence-electron chi connectivity index (χ0n) is 22.8. The molecule has 6 aromatic carbocycles. The SMILES string of the molecule is Cn1c(-c2ccccc2)nc2ccc3c4cccc5c6cc7c(cc6n(c54)c3c21)c1cccc2c3ccccc3n7c21. The number of para-hydroxylation sites is 3. The number of fused-ring (bicyclic) bond motifs is 14. The minimum absolute atomic E-state index is 0.987. The van der Waals surface area contributed by atoms with Gasteiger partial charge in [0.25, 0.3) is 0 Å². The van der Waals surface area contributed by atoms with E-state index in [2.05, 4.69) is 136 Å². The molecule has 0 aliphatic heterocycles. The third kappa shape index (κ3) is 2.26. The van der Waals surface area contributed by atoms with Crippen molar-refractivity contribution in [2.24, 2.45) is 7.05 Å². The van der Waals surface area contributed by atoms with E-state index in [4.69, 9.17) is 4.98 Å². The molecule has 0 atom stereocenters. The fourth-order valence-corrected chi connectivity index (χ4v) is 8.01. The molecule has 4 heteroatoms. The molecule has 0 spiro atoms. The molecule has 0 fully saturated rings. The summed E-state index contributed by atoms with van der Waals surface area (Å²) in [4.78, 5) is 5.13. The van der Waals surface area contributed by atoms with Gasteiger partial charge in [-0.2, -0.15) is 0 Å². The number of benzene rings is 6. The Balaban J connectivity index is 1.38. The molecule has 0 aliphatic carbocycles. The van der Waals surface area contributed by atoms with Gasteiger partial charge in [-0.15, -0.1) is 0 Å². The predicted octanol–water partition coefficient (Wildman–Crippen LogP) is 9.54. The van der Waals surface area contributed by atoms with E-state index in [1.54, 1.807) is 0 Å². The Kier molecular flexibility index (Phi) is 3.52. The van der Waals surface area contributed by atoms with Crippen molar-refractivity contribution in [2.75, 3.05) is 0 Å². The van der Waals surface area contributed by atoms with Crippen molar-refractivity contribution in [3.05, 3.63) is 115 Å². The monoisotopic (exact) mass is 534 g/mol. The van der Waals surface area contributed by atoms with Gasteiger partial charge in [0, 0.05) is 55.7 Å². The van der Waals surface area contributed by atoms with Crippen LogP contribution in [-0.4, -0.2) is 18.4 Å². The van der Waals surface area contributed by atoms with Crippen LogP contribution >= 0.6 is 0 Å². The van der Waals surface area contributed by atoms with Crippen molar-refractivity contribution >= 4 is 87.2 Å². The topological polar surface area (TPSA) is 26.6 Å². The second-order valence-corrected chi connectivity index (χ2v) is 11.7. The molecule has 0 unspecified atom stereocenters. The van der Waals surface area contributed by atoms with Crippen molar-refractivity contribution in [2.45, 2.75) is 0 Å². The van der Waals surface area contributed by atoms with Gasteiger partial charge in [-0.25, -0.2) is 4.98 Å². The molecule has 4 nitrogen and oxygen atoms in total.